The molecule has 0 saturated carbocycles. The van der Waals surface area contributed by atoms with Gasteiger partial charge in [0.05, 0.1) is 25.2 Å². The monoisotopic (exact) mass is 427 g/mol. The Morgan fingerprint density at radius 1 is 0.933 bits per heavy atom. The second-order valence-corrected chi connectivity index (χ2v) is 9.73. The molecule has 0 spiro atoms. The van der Waals surface area contributed by atoms with E-state index in [1.807, 2.05) is 50.2 Å². The maximum atomic E-state index is 13.2. The summed E-state index contributed by atoms with van der Waals surface area (Å²) in [6.45, 7) is 3.90. The zero-order valence-electron chi connectivity index (χ0n) is 17.4. The molecule has 0 fully saturated rings. The molecule has 1 atom stereocenters. The molecule has 0 aliphatic carbocycles. The summed E-state index contributed by atoms with van der Waals surface area (Å²) in [7, 11) is -0.572. The molecule has 0 unspecified atom stereocenters. The Morgan fingerprint density at radius 3 is 2.30 bits per heavy atom. The summed E-state index contributed by atoms with van der Waals surface area (Å²) in [5, 5.41) is 1.74. The van der Waals surface area contributed by atoms with Crippen LogP contribution in [0.3, 0.4) is 0 Å². The van der Waals surface area contributed by atoms with Gasteiger partial charge < -0.3 is 14.2 Å². The van der Waals surface area contributed by atoms with Crippen molar-refractivity contribution in [3.8, 4) is 17.2 Å². The van der Waals surface area contributed by atoms with Crippen LogP contribution in [-0.2, 0) is 10.0 Å². The lowest BCUT2D eigenvalue weighted by Gasteiger charge is -2.37. The summed E-state index contributed by atoms with van der Waals surface area (Å²) in [6, 6.07) is 15.6. The summed E-state index contributed by atoms with van der Waals surface area (Å²) in [5.41, 5.74) is 0.261. The van der Waals surface area contributed by atoms with Crippen LogP contribution in [0.15, 0.2) is 59.5 Å². The summed E-state index contributed by atoms with van der Waals surface area (Å²) >= 11 is 0. The molecule has 30 heavy (non-hydrogen) atoms. The topological polar surface area (TPSA) is 73.9 Å². The van der Waals surface area contributed by atoms with Crippen LogP contribution in [0.4, 0.5) is 0 Å². The van der Waals surface area contributed by atoms with Gasteiger partial charge in [-0.05, 0) is 67.1 Å². The third-order valence-electron chi connectivity index (χ3n) is 5.30. The second-order valence-electron chi connectivity index (χ2n) is 8.02. The minimum absolute atomic E-state index is 0.217. The van der Waals surface area contributed by atoms with Crippen LogP contribution in [0.25, 0.3) is 10.8 Å². The van der Waals surface area contributed by atoms with Gasteiger partial charge >= 0.3 is 0 Å². The van der Waals surface area contributed by atoms with Crippen LogP contribution >= 0.6 is 0 Å². The van der Waals surface area contributed by atoms with Gasteiger partial charge in [0, 0.05) is 12.0 Å². The van der Waals surface area contributed by atoms with E-state index in [-0.39, 0.29) is 4.90 Å². The van der Waals surface area contributed by atoms with Crippen LogP contribution in [0, 0.1) is 0 Å². The van der Waals surface area contributed by atoms with Gasteiger partial charge in [-0.1, -0.05) is 12.1 Å². The van der Waals surface area contributed by atoms with E-state index in [1.54, 1.807) is 32.4 Å². The highest BCUT2D eigenvalue weighted by Gasteiger charge is 2.36. The molecule has 1 aliphatic rings. The van der Waals surface area contributed by atoms with Gasteiger partial charge in [-0.3, -0.25) is 0 Å². The second kappa shape index (κ2) is 7.49. The van der Waals surface area contributed by atoms with Crippen molar-refractivity contribution in [2.75, 3.05) is 14.2 Å². The summed E-state index contributed by atoms with van der Waals surface area (Å²) in [6.07, 6.45) is 0.497. The van der Waals surface area contributed by atoms with Crippen molar-refractivity contribution in [3.63, 3.8) is 0 Å². The standard InChI is InChI=1S/C23H25NO5S/c1-23(2)14-21(20-13-18(28-4)8-10-22(20)29-23)24-30(25,26)19-9-6-15-11-17(27-3)7-5-16(15)12-19/h5-13,21,24H,14H2,1-4H3/t21-/m1/s1. The third-order valence-corrected chi connectivity index (χ3v) is 6.77. The van der Waals surface area contributed by atoms with E-state index in [4.69, 9.17) is 14.2 Å². The van der Waals surface area contributed by atoms with E-state index in [2.05, 4.69) is 4.72 Å². The highest BCUT2D eigenvalue weighted by Crippen LogP contribution is 2.41. The molecule has 7 heteroatoms. The first-order valence-electron chi connectivity index (χ1n) is 9.68. The van der Waals surface area contributed by atoms with Crippen molar-refractivity contribution in [1.82, 2.24) is 4.72 Å². The van der Waals surface area contributed by atoms with Crippen LogP contribution in [0.2, 0.25) is 0 Å². The molecular weight excluding hydrogens is 402 g/mol. The Morgan fingerprint density at radius 2 is 1.57 bits per heavy atom. The minimum Gasteiger partial charge on any atom is -0.497 e. The zero-order chi connectivity index (χ0) is 21.5. The summed E-state index contributed by atoms with van der Waals surface area (Å²) in [5.74, 6) is 2.04. The number of benzene rings is 3. The van der Waals surface area contributed by atoms with Crippen molar-refractivity contribution in [1.29, 1.82) is 0 Å². The molecule has 3 aromatic carbocycles. The molecule has 6 nitrogen and oxygen atoms in total. The molecule has 0 radical (unpaired) electrons. The number of hydrogen-bond donors (Lipinski definition) is 1. The van der Waals surface area contributed by atoms with Gasteiger partial charge in [-0.15, -0.1) is 0 Å². The van der Waals surface area contributed by atoms with Crippen LogP contribution < -0.4 is 18.9 Å². The van der Waals surface area contributed by atoms with Gasteiger partial charge in [0.2, 0.25) is 10.0 Å². The SMILES string of the molecule is COc1ccc2c(c1)[C@H](NS(=O)(=O)c1ccc3cc(OC)ccc3c1)CC(C)(C)O2. The van der Waals surface area contributed by atoms with E-state index < -0.39 is 21.7 Å². The molecule has 0 aromatic heterocycles. The molecule has 4 rings (SSSR count). The quantitative estimate of drug-likeness (QED) is 0.652. The fourth-order valence-electron chi connectivity index (χ4n) is 3.82. The van der Waals surface area contributed by atoms with Crippen molar-refractivity contribution in [2.24, 2.45) is 0 Å². The average Bonchev–Trinajstić information content (AvgIpc) is 2.71. The van der Waals surface area contributed by atoms with Crippen LogP contribution in [0.5, 0.6) is 17.2 Å². The van der Waals surface area contributed by atoms with Gasteiger partial charge in [-0.2, -0.15) is 0 Å². The lowest BCUT2D eigenvalue weighted by atomic mass is 9.90. The van der Waals surface area contributed by atoms with Gasteiger partial charge in [-0.25, -0.2) is 13.1 Å². The van der Waals surface area contributed by atoms with Gasteiger partial charge in [0.1, 0.15) is 22.8 Å². The lowest BCUT2D eigenvalue weighted by molar-refractivity contribution is 0.0700. The van der Waals surface area contributed by atoms with E-state index >= 15 is 0 Å². The predicted octanol–water partition coefficient (Wildman–Crippen LogP) is 4.44. The van der Waals surface area contributed by atoms with Crippen molar-refractivity contribution < 1.29 is 22.6 Å². The molecule has 0 bridgehead atoms. The number of fused-ring (bicyclic) bond motifs is 2. The number of methoxy groups -OCH3 is 2. The Balaban J connectivity index is 1.70. The number of rotatable bonds is 5. The number of hydrogen-bond acceptors (Lipinski definition) is 5. The Kier molecular flexibility index (Phi) is 5.11. The molecule has 0 saturated heterocycles. The van der Waals surface area contributed by atoms with Gasteiger partial charge in [0.25, 0.3) is 0 Å². The Hall–Kier alpha value is -2.77. The Labute approximate surface area is 176 Å². The highest BCUT2D eigenvalue weighted by molar-refractivity contribution is 7.89. The summed E-state index contributed by atoms with van der Waals surface area (Å²) in [4.78, 5) is 0.217. The molecule has 1 N–H and O–H groups in total. The Bertz CT molecular complexity index is 1200. The molecule has 1 aliphatic heterocycles. The minimum atomic E-state index is -3.76. The van der Waals surface area contributed by atoms with Crippen molar-refractivity contribution >= 4 is 20.8 Å². The molecule has 158 valence electrons. The van der Waals surface area contributed by atoms with E-state index in [1.165, 1.54) is 0 Å². The largest absolute Gasteiger partial charge is 0.497 e. The highest BCUT2D eigenvalue weighted by atomic mass is 32.2. The average molecular weight is 428 g/mol. The van der Waals surface area contributed by atoms with Gasteiger partial charge in [0.15, 0.2) is 0 Å². The zero-order valence-corrected chi connectivity index (χ0v) is 18.2. The smallest absolute Gasteiger partial charge is 0.241 e. The molecule has 1 heterocycles. The van der Waals surface area contributed by atoms with Crippen LogP contribution in [-0.4, -0.2) is 28.2 Å². The third kappa shape index (κ3) is 3.95. The number of ether oxygens (including phenoxy) is 3. The normalized spacial score (nSPS) is 17.8. The fourth-order valence-corrected chi connectivity index (χ4v) is 5.07. The maximum Gasteiger partial charge on any atom is 0.241 e. The fraction of sp³-hybridized carbons (Fsp3) is 0.304. The lowest BCUT2D eigenvalue weighted by Crippen LogP contribution is -2.41. The number of sulfonamides is 1. The first kappa shape index (κ1) is 20.5. The molecular formula is C23H25NO5S. The van der Waals surface area contributed by atoms with Crippen molar-refractivity contribution in [3.05, 3.63) is 60.2 Å². The first-order chi connectivity index (χ1) is 14.2. The number of nitrogens with one attached hydrogen (secondary N) is 1. The molecule has 0 amide bonds. The summed E-state index contributed by atoms with van der Waals surface area (Å²) < 4.78 is 45.9. The van der Waals surface area contributed by atoms with E-state index in [9.17, 15) is 8.42 Å². The van der Waals surface area contributed by atoms with E-state index in [0.717, 1.165) is 22.1 Å². The molecule has 3 aromatic rings. The van der Waals surface area contributed by atoms with Crippen LogP contribution in [0.1, 0.15) is 31.9 Å². The maximum absolute atomic E-state index is 13.2. The van der Waals surface area contributed by atoms with Crippen molar-refractivity contribution in [2.45, 2.75) is 36.8 Å². The predicted molar refractivity (Wildman–Crippen MR) is 116 cm³/mol. The van der Waals surface area contributed by atoms with E-state index in [0.29, 0.717) is 17.9 Å². The first-order valence-corrected chi connectivity index (χ1v) is 11.2.